The normalized spacial score (nSPS) is 13.3. The molecule has 5 rings (SSSR count). The highest BCUT2D eigenvalue weighted by molar-refractivity contribution is 5.97. The molecule has 1 spiro atoms. The lowest BCUT2D eigenvalue weighted by molar-refractivity contribution is -0.158. The highest BCUT2D eigenvalue weighted by Gasteiger charge is 2.53. The second-order valence-corrected chi connectivity index (χ2v) is 8.56. The molecule has 2 heterocycles. The number of nitrogens with one attached hydrogen (secondary N) is 1. The molecule has 200 valence electrons. The molecule has 0 bridgehead atoms. The molecule has 3 N–H and O–H groups in total. The molecule has 0 atom stereocenters. The first-order valence-corrected chi connectivity index (χ1v) is 11.7. The molecule has 0 fully saturated rings. The Bertz CT molecular complexity index is 1430. The first-order valence-electron chi connectivity index (χ1n) is 11.7. The number of carbonyl (C=O) groups excluding carboxylic acids is 4. The monoisotopic (exact) mass is 533 g/mol. The quantitative estimate of drug-likeness (QED) is 0.147. The highest BCUT2D eigenvalue weighted by atomic mass is 16.6. The lowest BCUT2D eigenvalue weighted by Crippen LogP contribution is -2.32. The molecule has 39 heavy (non-hydrogen) atoms. The first-order chi connectivity index (χ1) is 18.5. The van der Waals surface area contributed by atoms with Gasteiger partial charge in [0.25, 0.3) is 0 Å². The Kier molecular flexibility index (Phi) is 7.34. The number of hydrogen-bond acceptors (Lipinski definition) is 11. The fraction of sp³-hybridized carbons (Fsp3) is 0.179. The van der Waals surface area contributed by atoms with E-state index in [-0.39, 0.29) is 30.2 Å². The Balaban J connectivity index is 0.000000218. The van der Waals surface area contributed by atoms with Crippen molar-refractivity contribution in [3.05, 3.63) is 82.9 Å². The number of esters is 4. The SMILES string of the molecule is CC(=O)OC(=N)CCC(=O)OC(C)=O.O=C1OC2(c3ccc(O)cc3Oc3cc(O)ccc32)c2ccccc21. The molecular weight excluding hydrogens is 510 g/mol. The van der Waals surface area contributed by atoms with Crippen LogP contribution in [0.3, 0.4) is 0 Å². The summed E-state index contributed by atoms with van der Waals surface area (Å²) in [6.45, 7) is 2.26. The molecule has 3 aromatic carbocycles. The smallest absolute Gasteiger partial charge is 0.340 e. The number of phenolic OH excluding ortho intramolecular Hbond substituents is 2. The predicted octanol–water partition coefficient (Wildman–Crippen LogP) is 4.06. The summed E-state index contributed by atoms with van der Waals surface area (Å²) in [4.78, 5) is 43.9. The summed E-state index contributed by atoms with van der Waals surface area (Å²) in [7, 11) is 0. The van der Waals surface area contributed by atoms with Gasteiger partial charge in [0.15, 0.2) is 11.5 Å². The predicted molar refractivity (Wildman–Crippen MR) is 134 cm³/mol. The minimum atomic E-state index is -1.17. The molecule has 0 amide bonds. The number of carbonyl (C=O) groups is 4. The van der Waals surface area contributed by atoms with Crippen LogP contribution in [0.1, 0.15) is 53.7 Å². The van der Waals surface area contributed by atoms with Crippen LogP contribution in [0.2, 0.25) is 0 Å². The maximum absolute atomic E-state index is 12.5. The zero-order valence-corrected chi connectivity index (χ0v) is 20.8. The third-order valence-corrected chi connectivity index (χ3v) is 5.76. The van der Waals surface area contributed by atoms with Crippen molar-refractivity contribution >= 4 is 29.8 Å². The van der Waals surface area contributed by atoms with Crippen LogP contribution in [0.4, 0.5) is 0 Å². The number of phenols is 2. The van der Waals surface area contributed by atoms with Gasteiger partial charge in [-0.15, -0.1) is 0 Å². The van der Waals surface area contributed by atoms with E-state index in [0.717, 1.165) is 13.8 Å². The maximum Gasteiger partial charge on any atom is 0.340 e. The van der Waals surface area contributed by atoms with Gasteiger partial charge in [-0.25, -0.2) is 4.79 Å². The Morgan fingerprint density at radius 1 is 0.821 bits per heavy atom. The van der Waals surface area contributed by atoms with Gasteiger partial charge < -0.3 is 29.2 Å². The molecule has 3 aromatic rings. The van der Waals surface area contributed by atoms with Crippen LogP contribution < -0.4 is 4.74 Å². The number of aromatic hydroxyl groups is 2. The number of hydrogen-bond donors (Lipinski definition) is 3. The van der Waals surface area contributed by atoms with Crippen molar-refractivity contribution in [1.29, 1.82) is 5.41 Å². The van der Waals surface area contributed by atoms with E-state index in [1.807, 2.05) is 12.1 Å². The first kappa shape index (κ1) is 26.9. The third kappa shape index (κ3) is 5.42. The average molecular weight is 533 g/mol. The van der Waals surface area contributed by atoms with Gasteiger partial charge in [-0.2, -0.15) is 0 Å². The van der Waals surface area contributed by atoms with Crippen molar-refractivity contribution in [2.24, 2.45) is 0 Å². The summed E-state index contributed by atoms with van der Waals surface area (Å²) in [5.41, 5.74) is 1.28. The summed E-state index contributed by atoms with van der Waals surface area (Å²) in [6, 6.07) is 16.6. The van der Waals surface area contributed by atoms with Gasteiger partial charge in [-0.05, 0) is 30.3 Å². The van der Waals surface area contributed by atoms with E-state index in [1.54, 1.807) is 24.3 Å². The Morgan fingerprint density at radius 3 is 1.95 bits per heavy atom. The van der Waals surface area contributed by atoms with Gasteiger partial charge in [0.05, 0.1) is 12.0 Å². The van der Waals surface area contributed by atoms with Gasteiger partial charge in [0, 0.05) is 49.1 Å². The van der Waals surface area contributed by atoms with Gasteiger partial charge >= 0.3 is 23.9 Å². The van der Waals surface area contributed by atoms with E-state index in [1.165, 1.54) is 24.3 Å². The van der Waals surface area contributed by atoms with E-state index in [9.17, 15) is 29.4 Å². The van der Waals surface area contributed by atoms with Gasteiger partial charge in [0.2, 0.25) is 0 Å². The van der Waals surface area contributed by atoms with Crippen molar-refractivity contribution < 1.29 is 48.3 Å². The van der Waals surface area contributed by atoms with Crippen LogP contribution >= 0.6 is 0 Å². The van der Waals surface area contributed by atoms with E-state index in [4.69, 9.17) is 14.9 Å². The standard InChI is InChI=1S/C20H12O5.C8H11NO5/c21-11-5-7-15-17(9-11)24-18-10-12(22)6-8-16(18)20(15)14-4-2-1-3-13(14)19(23)25-20;1-5(10)13-7(9)3-4-8(12)14-6(2)11/h1-10,21-22H;9H,3-4H2,1-2H3. The van der Waals surface area contributed by atoms with Crippen molar-refractivity contribution in [1.82, 2.24) is 0 Å². The largest absolute Gasteiger partial charge is 0.508 e. The highest BCUT2D eigenvalue weighted by Crippen LogP contribution is 2.56. The molecule has 0 unspecified atom stereocenters. The molecule has 0 saturated carbocycles. The van der Waals surface area contributed by atoms with Crippen molar-refractivity contribution in [3.63, 3.8) is 0 Å². The zero-order chi connectivity index (χ0) is 28.3. The van der Waals surface area contributed by atoms with Gasteiger partial charge in [-0.3, -0.25) is 19.8 Å². The van der Waals surface area contributed by atoms with E-state index < -0.39 is 29.5 Å². The molecule has 0 saturated heterocycles. The van der Waals surface area contributed by atoms with E-state index in [0.29, 0.717) is 33.8 Å². The number of rotatable bonds is 3. The summed E-state index contributed by atoms with van der Waals surface area (Å²) in [5.74, 6) is -1.97. The minimum Gasteiger partial charge on any atom is -0.508 e. The second kappa shape index (κ2) is 10.7. The third-order valence-electron chi connectivity index (χ3n) is 5.76. The minimum absolute atomic E-state index is 0.0371. The molecule has 0 aliphatic carbocycles. The summed E-state index contributed by atoms with van der Waals surface area (Å²) < 4.78 is 20.3. The fourth-order valence-corrected chi connectivity index (χ4v) is 4.30. The molecular formula is C28H23NO10. The lowest BCUT2D eigenvalue weighted by Gasteiger charge is -2.36. The van der Waals surface area contributed by atoms with Crippen LogP contribution in [0, 0.1) is 5.41 Å². The maximum atomic E-state index is 12.5. The lowest BCUT2D eigenvalue weighted by atomic mass is 9.77. The van der Waals surface area contributed by atoms with Crippen LogP contribution in [0.5, 0.6) is 23.0 Å². The van der Waals surface area contributed by atoms with Gasteiger partial charge in [0.1, 0.15) is 23.0 Å². The Morgan fingerprint density at radius 2 is 1.38 bits per heavy atom. The fourth-order valence-electron chi connectivity index (χ4n) is 4.30. The summed E-state index contributed by atoms with van der Waals surface area (Å²) >= 11 is 0. The Hall–Kier alpha value is -5.19. The number of fused-ring (bicyclic) bond motifs is 6. The number of benzene rings is 3. The molecule has 2 aliphatic rings. The number of ether oxygens (including phenoxy) is 4. The zero-order valence-electron chi connectivity index (χ0n) is 20.8. The van der Waals surface area contributed by atoms with Crippen molar-refractivity contribution in [3.8, 4) is 23.0 Å². The molecule has 0 aromatic heterocycles. The van der Waals surface area contributed by atoms with Crippen LogP contribution in [-0.2, 0) is 34.2 Å². The van der Waals surface area contributed by atoms with Crippen LogP contribution in [0.25, 0.3) is 0 Å². The summed E-state index contributed by atoms with van der Waals surface area (Å²) in [5, 5.41) is 26.7. The summed E-state index contributed by atoms with van der Waals surface area (Å²) in [6.07, 6.45) is -0.225. The molecule has 0 radical (unpaired) electrons. The topological polar surface area (TPSA) is 170 Å². The van der Waals surface area contributed by atoms with Crippen LogP contribution in [-0.4, -0.2) is 40.0 Å². The van der Waals surface area contributed by atoms with Crippen LogP contribution in [0.15, 0.2) is 60.7 Å². The van der Waals surface area contributed by atoms with Crippen molar-refractivity contribution in [2.75, 3.05) is 0 Å². The van der Waals surface area contributed by atoms with E-state index in [2.05, 4.69) is 9.47 Å². The van der Waals surface area contributed by atoms with Crippen molar-refractivity contribution in [2.45, 2.75) is 32.3 Å². The van der Waals surface area contributed by atoms with E-state index >= 15 is 0 Å². The Labute approximate surface area is 222 Å². The van der Waals surface area contributed by atoms with Gasteiger partial charge in [-0.1, -0.05) is 18.2 Å². The molecule has 11 heteroatoms. The molecule has 2 aliphatic heterocycles. The molecule has 11 nitrogen and oxygen atoms in total. The average Bonchev–Trinajstić information content (AvgIpc) is 3.15. The second-order valence-electron chi connectivity index (χ2n) is 8.56.